The number of nitrogens with one attached hydrogen (secondary N) is 2. The zero-order valence-corrected chi connectivity index (χ0v) is 88.6. The van der Waals surface area contributed by atoms with Gasteiger partial charge in [0.25, 0.3) is 16.7 Å². The number of anilines is 1. The Labute approximate surface area is 894 Å². The second kappa shape index (κ2) is 55.5. The van der Waals surface area contributed by atoms with E-state index in [4.69, 9.17) is 63.9 Å². The Balaban J connectivity index is 0.000000466. The number of hydrogen-bond donors (Lipinski definition) is 4. The number of pyridine rings is 3. The molecule has 8 aromatic carbocycles. The number of hydrogen-bond acceptors (Lipinski definition) is 21. The average molecular weight is 2350 g/mol. The van der Waals surface area contributed by atoms with E-state index in [-0.39, 0.29) is 117 Å². The molecule has 6 aromatic heterocycles. The molecule has 44 heteroatoms. The summed E-state index contributed by atoms with van der Waals surface area (Å²) in [6.45, 7) is 36.2. The number of halogens is 13. The maximum absolute atomic E-state index is 12.7. The number of phenols is 1. The van der Waals surface area contributed by atoms with Crippen molar-refractivity contribution in [2.45, 2.75) is 220 Å². The number of nitrogen functional groups attached to an aromatic ring is 1. The third-order valence-electron chi connectivity index (χ3n) is 21.9. The summed E-state index contributed by atoms with van der Waals surface area (Å²) in [5.41, 5.74) is 14.1. The topological polar surface area (TPSA) is 340 Å². The van der Waals surface area contributed by atoms with E-state index in [1.54, 1.807) is 87.9 Å². The summed E-state index contributed by atoms with van der Waals surface area (Å²) >= 11 is 15.1. The SMILES string of the molecule is C.C.C.C.C.C.C.C[Si](C)(C)CCOCCl.C[Si](C)(C)CCOCn1c(=O)oc2c(Br)cccc21.Cc1cc(=O)n(-c2ccc(OC(F)(F)F)cc2)cc1-c1cccc2[nH]c(=O)oc12.Cc1cc(=O)n(-c2ccc(OC(F)(F)F)cc2)cc1-c1cccc2c1OC(=O)C2COCC[Si](C)(C)C.Cc1cc(=O)n(-c2ccc(OC(F)(F)F)cc2)cc1B1OC(C)(C)C(C)(C)O1.Nc1cccc(Br)c1O.O=c1[nH]c2cccc(Br)c2o1. The van der Waals surface area contributed by atoms with Crippen molar-refractivity contribution in [3.8, 4) is 68.1 Å². The summed E-state index contributed by atoms with van der Waals surface area (Å²) in [6, 6.07) is 49.7. The van der Waals surface area contributed by atoms with Crippen molar-refractivity contribution in [3.63, 3.8) is 0 Å². The lowest BCUT2D eigenvalue weighted by Crippen LogP contribution is -2.41. The molecule has 1 unspecified atom stereocenters. The van der Waals surface area contributed by atoms with Gasteiger partial charge in [-0.2, -0.15) is 0 Å². The Morgan fingerprint density at radius 2 is 0.832 bits per heavy atom. The first-order valence-electron chi connectivity index (χ1n) is 43.9. The van der Waals surface area contributed by atoms with Crippen molar-refractivity contribution >= 4 is 141 Å². The van der Waals surface area contributed by atoms with Gasteiger partial charge < -0.3 is 66.6 Å². The molecule has 149 heavy (non-hydrogen) atoms. The number of H-pyrrole nitrogens is 2. The molecule has 0 aliphatic carbocycles. The van der Waals surface area contributed by atoms with Gasteiger partial charge in [0, 0.05) is 131 Å². The lowest BCUT2D eigenvalue weighted by Gasteiger charge is -2.32. The maximum atomic E-state index is 12.7. The van der Waals surface area contributed by atoms with Crippen LogP contribution in [0, 0.1) is 20.8 Å². The van der Waals surface area contributed by atoms with Crippen LogP contribution in [0.3, 0.4) is 0 Å². The number of nitrogens with two attached hydrogens (primary N) is 1. The van der Waals surface area contributed by atoms with Crippen molar-refractivity contribution in [1.82, 2.24) is 28.2 Å². The summed E-state index contributed by atoms with van der Waals surface area (Å²) in [7, 11) is -3.90. The Kier molecular flexibility index (Phi) is 49.0. The molecule has 0 bridgehead atoms. The molecular weight excluding hydrogens is 2220 g/mol. The number of fused-ring (bicyclic) bond motifs is 4. The number of oxazole rings is 3. The fourth-order valence-corrected chi connectivity index (χ4v) is 17.3. The molecule has 8 heterocycles. The molecule has 14 aromatic rings. The number of phenolic OH excluding ortho intramolecular Hbond substituents is 1. The number of alkyl halides is 10. The molecule has 1 saturated heterocycles. The Hall–Kier alpha value is -11.5. The average Bonchev–Trinajstić information content (AvgIpc) is 1.61. The fraction of sp³-hybridized carbons (Fsp3) is 0.362. The van der Waals surface area contributed by atoms with Crippen LogP contribution >= 0.6 is 59.4 Å². The molecular formula is C105H133BBr3ClF9N7O20Si3. The minimum absolute atomic E-state index is 0. The van der Waals surface area contributed by atoms with Gasteiger partial charge in [-0.1, -0.05) is 171 Å². The van der Waals surface area contributed by atoms with E-state index in [0.29, 0.717) is 124 Å². The number of nitrogens with zero attached hydrogens (tertiary/aromatic N) is 4. The van der Waals surface area contributed by atoms with Gasteiger partial charge in [-0.3, -0.25) is 42.8 Å². The van der Waals surface area contributed by atoms with E-state index in [0.717, 1.165) is 75.1 Å². The summed E-state index contributed by atoms with van der Waals surface area (Å²) < 4.78 is 180. The lowest BCUT2D eigenvalue weighted by atomic mass is 9.77. The summed E-state index contributed by atoms with van der Waals surface area (Å²) in [6.07, 6.45) is -9.63. The highest BCUT2D eigenvalue weighted by atomic mass is 79.9. The molecule has 0 amide bonds. The van der Waals surface area contributed by atoms with Crippen molar-refractivity contribution in [1.29, 1.82) is 0 Å². The van der Waals surface area contributed by atoms with Gasteiger partial charge in [0.05, 0.1) is 53.5 Å². The standard InChI is InChI=1S/C27H28F3NO5Si.C20H13F3N2O4.C19H21BF3NO4.C13H18BrNO3Si.C7H4BrNO2.C6H6BrNO.C6H15ClOSi.7CH4/c1-17-14-24(32)31(18-8-10-19(11-9-18)36-27(28,29)30)15-22(17)20-6-5-7-21-23(26(33)35-25(20)21)16-34-12-13-37(2,3)4;1-11-9-17(26)25(12-5-7-13(8-6-12)29-20(21,22)23)10-15(11)14-3-2-4-16-18(14)28-19(27)24-16;1-12-10-16(25)24(13-6-8-14(9-7-13)26-19(21,22)23)11-15(12)20-27-17(2,3)18(4,5)28-20;1-19(2,3)8-7-17-9-15-11-6-4-5-10(14)12(11)18-13(15)16;8-4-2-1-3-5-6(4)11-7(10)9-5;7-4-2-1-3-5(8)6(4)9;1-9(2,3)5-4-8-6-7;;;;;;;/h5-11,14-15,23H,12-13,16H2,1-4H3;2-10H,1H3,(H,24,27);6-11H,1-5H3;4-6H,7-9H2,1-3H3;1-3H,(H,9,10);1-3,9H,8H2;4-6H2,1-3H3;7*1H4. The van der Waals surface area contributed by atoms with Crippen LogP contribution in [0.4, 0.5) is 45.2 Å². The first-order chi connectivity index (χ1) is 66.2. The molecule has 1 fully saturated rings. The van der Waals surface area contributed by atoms with Gasteiger partial charge in [-0.25, -0.2) is 19.0 Å². The van der Waals surface area contributed by atoms with Crippen LogP contribution in [-0.4, -0.2) is 133 Å². The monoisotopic (exact) mass is 2350 g/mol. The molecule has 27 nitrogen and oxygen atoms in total. The predicted molar refractivity (Wildman–Crippen MR) is 594 cm³/mol. The van der Waals surface area contributed by atoms with Gasteiger partial charge in [-0.15, -0.1) is 39.5 Å². The number of aromatic hydroxyl groups is 1. The molecule has 0 spiro atoms. The molecule has 0 radical (unpaired) electrons. The van der Waals surface area contributed by atoms with Gasteiger partial charge in [0.15, 0.2) is 22.5 Å². The Bertz CT molecular complexity index is 7100. The number of carbonyl (C=O) groups is 1. The lowest BCUT2D eigenvalue weighted by molar-refractivity contribution is -0.275. The van der Waals surface area contributed by atoms with Crippen molar-refractivity contribution in [2.24, 2.45) is 0 Å². The predicted octanol–water partition coefficient (Wildman–Crippen LogP) is 27.8. The Morgan fingerprint density at radius 1 is 0.456 bits per heavy atom. The smallest absolute Gasteiger partial charge is 0.505 e. The van der Waals surface area contributed by atoms with Crippen LogP contribution in [0.15, 0.2) is 256 Å². The minimum atomic E-state index is -4.81. The van der Waals surface area contributed by atoms with Gasteiger partial charge in [-0.05, 0) is 246 Å². The second-order valence-corrected chi connectivity index (χ2v) is 56.8. The molecule has 1 atom stereocenters. The number of aryl methyl sites for hydroxylation is 3. The molecule has 2 aliphatic rings. The van der Waals surface area contributed by atoms with Crippen LogP contribution in [0.1, 0.15) is 108 Å². The number of benzene rings is 8. The highest BCUT2D eigenvalue weighted by Gasteiger charge is 2.52. The molecule has 2 aliphatic heterocycles. The third kappa shape index (κ3) is 37.5. The fourth-order valence-electron chi connectivity index (χ4n) is 13.7. The van der Waals surface area contributed by atoms with E-state index >= 15 is 0 Å². The normalized spacial score (nSPS) is 13.2. The molecule has 5 N–H and O–H groups in total. The molecule has 16 rings (SSSR count). The first kappa shape index (κ1) is 132. The number of para-hydroxylation sites is 5. The third-order valence-corrected chi connectivity index (χ3v) is 29.1. The number of carbonyl (C=O) groups excluding carboxylic acids is 1. The number of esters is 1. The number of rotatable bonds is 23. The number of aromatic amines is 2. The van der Waals surface area contributed by atoms with Crippen LogP contribution in [0.5, 0.6) is 28.7 Å². The minimum Gasteiger partial charge on any atom is -0.505 e. The maximum Gasteiger partial charge on any atom is 0.573 e. The zero-order chi connectivity index (χ0) is 105. The quantitative estimate of drug-likeness (QED) is 0.00675. The first-order valence-corrected chi connectivity index (χ1v) is 58.0. The Morgan fingerprint density at radius 3 is 1.26 bits per heavy atom. The van der Waals surface area contributed by atoms with Gasteiger partial charge in [0.2, 0.25) is 0 Å². The van der Waals surface area contributed by atoms with Crippen LogP contribution in [-0.2, 0) is 35.0 Å². The van der Waals surface area contributed by atoms with Gasteiger partial charge in [0.1, 0.15) is 41.7 Å². The molecule has 814 valence electrons. The van der Waals surface area contributed by atoms with Crippen LogP contribution in [0.2, 0.25) is 77.1 Å². The van der Waals surface area contributed by atoms with Gasteiger partial charge >= 0.3 is 49.4 Å². The zero-order valence-electron chi connectivity index (χ0n) is 80.1. The van der Waals surface area contributed by atoms with E-state index < -0.39 is 79.1 Å². The van der Waals surface area contributed by atoms with E-state index in [1.807, 2.05) is 70.2 Å². The summed E-state index contributed by atoms with van der Waals surface area (Å²) in [5.74, 6) is -2.93. The van der Waals surface area contributed by atoms with Crippen molar-refractivity contribution in [3.05, 3.63) is 299 Å². The van der Waals surface area contributed by atoms with Crippen LogP contribution < -0.4 is 64.1 Å². The van der Waals surface area contributed by atoms with E-state index in [2.05, 4.69) is 131 Å². The van der Waals surface area contributed by atoms with Crippen LogP contribution in [0.25, 0.3) is 72.6 Å². The number of aromatic nitrogens is 6. The largest absolute Gasteiger partial charge is 0.573 e. The molecule has 0 saturated carbocycles. The highest BCUT2D eigenvalue weighted by molar-refractivity contribution is 9.11. The summed E-state index contributed by atoms with van der Waals surface area (Å²) in [5, 5.41) is 9.03. The highest BCUT2D eigenvalue weighted by Crippen LogP contribution is 2.45. The van der Waals surface area contributed by atoms with Crippen molar-refractivity contribution < 1.29 is 105 Å². The van der Waals surface area contributed by atoms with Crippen molar-refractivity contribution in [2.75, 3.05) is 38.2 Å². The summed E-state index contributed by atoms with van der Waals surface area (Å²) in [4.78, 5) is 89.6. The number of ether oxygens (including phenoxy) is 7. The van der Waals surface area contributed by atoms with E-state index in [1.165, 1.54) is 78.9 Å². The second-order valence-electron chi connectivity index (χ2n) is 37.1. The van der Waals surface area contributed by atoms with E-state index in [9.17, 15) is 73.1 Å².